The third-order valence-corrected chi connectivity index (χ3v) is 2.16. The molecule has 1 aromatic rings. The normalized spacial score (nSPS) is 10.1. The second-order valence-electron chi connectivity index (χ2n) is 2.94. The average molecular weight is 242 g/mol. The van der Waals surface area contributed by atoms with Gasteiger partial charge >= 0.3 is 0 Å². The summed E-state index contributed by atoms with van der Waals surface area (Å²) in [6.45, 7) is 6.26. The van der Waals surface area contributed by atoms with E-state index in [1.54, 1.807) is 0 Å². The lowest BCUT2D eigenvalue weighted by molar-refractivity contribution is 0.124. The minimum absolute atomic E-state index is 0.416. The number of hydrogen-bond donors (Lipinski definition) is 1. The van der Waals surface area contributed by atoms with Gasteiger partial charge in [0.1, 0.15) is 0 Å². The molecule has 0 atom stereocenters. The highest BCUT2D eigenvalue weighted by molar-refractivity contribution is 9.10. The number of nitrogens with two attached hydrogens (primary N) is 1. The quantitative estimate of drug-likeness (QED) is 0.827. The Hall–Kier alpha value is -0.640. The molecule has 13 heavy (non-hydrogen) atoms. The van der Waals surface area contributed by atoms with E-state index in [4.69, 9.17) is 5.90 Å². The molecule has 2 nitrogen and oxygen atoms in total. The van der Waals surface area contributed by atoms with Crippen molar-refractivity contribution in [2.75, 3.05) is 0 Å². The largest absolute Gasteiger partial charge is 0.300 e. The van der Waals surface area contributed by atoms with Gasteiger partial charge in [0.2, 0.25) is 0 Å². The van der Waals surface area contributed by atoms with Crippen molar-refractivity contribution in [1.29, 1.82) is 0 Å². The van der Waals surface area contributed by atoms with Crippen LogP contribution in [0.25, 0.3) is 5.57 Å². The van der Waals surface area contributed by atoms with Crippen molar-refractivity contribution in [2.24, 2.45) is 5.90 Å². The molecule has 0 saturated carbocycles. The van der Waals surface area contributed by atoms with Crippen LogP contribution in [0.1, 0.15) is 18.1 Å². The van der Waals surface area contributed by atoms with Gasteiger partial charge < -0.3 is 0 Å². The molecule has 0 heterocycles. The predicted molar refractivity (Wildman–Crippen MR) is 57.8 cm³/mol. The maximum Gasteiger partial charge on any atom is 0.0930 e. The van der Waals surface area contributed by atoms with E-state index in [9.17, 15) is 0 Å². The van der Waals surface area contributed by atoms with Gasteiger partial charge in [-0.25, -0.2) is 5.90 Å². The lowest BCUT2D eigenvalue weighted by atomic mass is 10.1. The third-order valence-electron chi connectivity index (χ3n) is 1.70. The molecule has 70 valence electrons. The zero-order valence-corrected chi connectivity index (χ0v) is 9.10. The van der Waals surface area contributed by atoms with Crippen molar-refractivity contribution in [3.8, 4) is 0 Å². The Kier molecular flexibility index (Phi) is 3.66. The molecule has 0 fully saturated rings. The molecule has 3 heteroatoms. The number of hydrogen-bond acceptors (Lipinski definition) is 2. The van der Waals surface area contributed by atoms with Crippen molar-refractivity contribution in [3.05, 3.63) is 40.4 Å². The number of halogens is 1. The number of rotatable bonds is 3. The maximum absolute atomic E-state index is 5.00. The Morgan fingerprint density at radius 1 is 1.54 bits per heavy atom. The highest BCUT2D eigenvalue weighted by atomic mass is 79.9. The Morgan fingerprint density at radius 2 is 2.23 bits per heavy atom. The molecule has 0 aromatic heterocycles. The van der Waals surface area contributed by atoms with Crippen LogP contribution < -0.4 is 5.90 Å². The van der Waals surface area contributed by atoms with Gasteiger partial charge in [0, 0.05) is 4.47 Å². The van der Waals surface area contributed by atoms with Crippen LogP contribution in [0.4, 0.5) is 0 Å². The van der Waals surface area contributed by atoms with Crippen LogP contribution >= 0.6 is 15.9 Å². The topological polar surface area (TPSA) is 35.2 Å². The Balaban J connectivity index is 3.03. The van der Waals surface area contributed by atoms with Crippen LogP contribution in [0.2, 0.25) is 0 Å². The lowest BCUT2D eigenvalue weighted by Gasteiger charge is -2.05. The third kappa shape index (κ3) is 2.95. The molecule has 1 aromatic carbocycles. The summed E-state index contributed by atoms with van der Waals surface area (Å²) < 4.78 is 1.01. The molecule has 0 aliphatic rings. The maximum atomic E-state index is 5.00. The molecule has 0 aliphatic carbocycles. The molecule has 0 spiro atoms. The SMILES string of the molecule is C=C(C)c1cc(Br)cc(CON)c1. The highest BCUT2D eigenvalue weighted by Crippen LogP contribution is 2.20. The minimum atomic E-state index is 0.416. The molecule has 2 N–H and O–H groups in total. The molecule has 0 radical (unpaired) electrons. The van der Waals surface area contributed by atoms with Crippen LogP contribution in [0, 0.1) is 0 Å². The second-order valence-corrected chi connectivity index (χ2v) is 3.86. The fourth-order valence-electron chi connectivity index (χ4n) is 1.08. The summed E-state index contributed by atoms with van der Waals surface area (Å²) in [5, 5.41) is 0. The van der Waals surface area contributed by atoms with Crippen LogP contribution in [-0.4, -0.2) is 0 Å². The summed E-state index contributed by atoms with van der Waals surface area (Å²) in [5.74, 6) is 5.00. The van der Waals surface area contributed by atoms with Crippen molar-refractivity contribution in [2.45, 2.75) is 13.5 Å². The molecule has 0 aliphatic heterocycles. The van der Waals surface area contributed by atoms with E-state index >= 15 is 0 Å². The van der Waals surface area contributed by atoms with E-state index in [2.05, 4.69) is 27.3 Å². The molecular formula is C10H12BrNO. The van der Waals surface area contributed by atoms with Crippen molar-refractivity contribution in [3.63, 3.8) is 0 Å². The standard InChI is InChI=1S/C10H12BrNO/c1-7(2)9-3-8(6-13-12)4-10(11)5-9/h3-5H,1,6,12H2,2H3. The smallest absolute Gasteiger partial charge is 0.0930 e. The van der Waals surface area contributed by atoms with Gasteiger partial charge in [-0.3, -0.25) is 4.84 Å². The average Bonchev–Trinajstić information content (AvgIpc) is 2.03. The zero-order valence-electron chi connectivity index (χ0n) is 7.51. The molecule has 0 saturated heterocycles. The minimum Gasteiger partial charge on any atom is -0.300 e. The van der Waals surface area contributed by atoms with Gasteiger partial charge in [-0.1, -0.05) is 28.1 Å². The fraction of sp³-hybridized carbons (Fsp3) is 0.200. The first-order chi connectivity index (χ1) is 6.13. The van der Waals surface area contributed by atoms with Gasteiger partial charge in [0.05, 0.1) is 6.61 Å². The van der Waals surface area contributed by atoms with Gasteiger partial charge in [0.25, 0.3) is 0 Å². The van der Waals surface area contributed by atoms with Gasteiger partial charge in [-0.2, -0.15) is 0 Å². The monoisotopic (exact) mass is 241 g/mol. The van der Waals surface area contributed by atoms with E-state index in [0.717, 1.165) is 21.2 Å². The Labute approximate surface area is 86.5 Å². The first-order valence-corrected chi connectivity index (χ1v) is 4.70. The van der Waals surface area contributed by atoms with Gasteiger partial charge in [-0.05, 0) is 36.2 Å². The summed E-state index contributed by atoms with van der Waals surface area (Å²) in [6.07, 6.45) is 0. The van der Waals surface area contributed by atoms with E-state index in [0.29, 0.717) is 6.61 Å². The highest BCUT2D eigenvalue weighted by Gasteiger charge is 1.99. The van der Waals surface area contributed by atoms with E-state index < -0.39 is 0 Å². The Bertz CT molecular complexity index is 323. The summed E-state index contributed by atoms with van der Waals surface area (Å²) in [6, 6.07) is 6.00. The van der Waals surface area contributed by atoms with E-state index in [-0.39, 0.29) is 0 Å². The first-order valence-electron chi connectivity index (χ1n) is 3.90. The van der Waals surface area contributed by atoms with Gasteiger partial charge in [-0.15, -0.1) is 0 Å². The zero-order chi connectivity index (χ0) is 9.84. The second kappa shape index (κ2) is 4.56. The van der Waals surface area contributed by atoms with Crippen LogP contribution in [0.15, 0.2) is 29.3 Å². The molecule has 0 amide bonds. The lowest BCUT2D eigenvalue weighted by Crippen LogP contribution is -1.99. The van der Waals surface area contributed by atoms with E-state index in [1.165, 1.54) is 0 Å². The molecular weight excluding hydrogens is 230 g/mol. The first kappa shape index (κ1) is 10.4. The predicted octanol–water partition coefficient (Wildman–Crippen LogP) is 2.87. The fourth-order valence-corrected chi connectivity index (χ4v) is 1.62. The summed E-state index contributed by atoms with van der Waals surface area (Å²) >= 11 is 3.41. The van der Waals surface area contributed by atoms with Crippen molar-refractivity contribution >= 4 is 21.5 Å². The summed E-state index contributed by atoms with van der Waals surface area (Å²) in [4.78, 5) is 4.57. The van der Waals surface area contributed by atoms with Crippen LogP contribution in [0.5, 0.6) is 0 Å². The van der Waals surface area contributed by atoms with Gasteiger partial charge in [0.15, 0.2) is 0 Å². The summed E-state index contributed by atoms with van der Waals surface area (Å²) in [7, 11) is 0. The van der Waals surface area contributed by atoms with Crippen LogP contribution in [0.3, 0.4) is 0 Å². The van der Waals surface area contributed by atoms with Crippen LogP contribution in [-0.2, 0) is 11.4 Å². The number of benzene rings is 1. The molecule has 1 rings (SSSR count). The van der Waals surface area contributed by atoms with Crippen molar-refractivity contribution < 1.29 is 4.84 Å². The molecule has 0 unspecified atom stereocenters. The Morgan fingerprint density at radius 3 is 2.77 bits per heavy atom. The van der Waals surface area contributed by atoms with E-state index in [1.807, 2.05) is 25.1 Å². The molecule has 0 bridgehead atoms. The van der Waals surface area contributed by atoms with Crippen molar-refractivity contribution in [1.82, 2.24) is 0 Å². The number of allylic oxidation sites excluding steroid dienone is 1. The summed E-state index contributed by atoms with van der Waals surface area (Å²) in [5.41, 5.74) is 3.16.